The molecule has 0 unspecified atom stereocenters. The topological polar surface area (TPSA) is 77.1 Å². The van der Waals surface area contributed by atoms with Gasteiger partial charge in [0, 0.05) is 52.0 Å². The number of hydrogen-bond acceptors (Lipinski definition) is 5. The number of piperidine rings is 1. The third-order valence-electron chi connectivity index (χ3n) is 5.85. The quantitative estimate of drug-likeness (QED) is 0.704. The summed E-state index contributed by atoms with van der Waals surface area (Å²) < 4.78 is 4.44. The first-order valence-corrected chi connectivity index (χ1v) is 10.1. The van der Waals surface area contributed by atoms with Crippen LogP contribution in [0.2, 0.25) is 0 Å². The zero-order valence-electron chi connectivity index (χ0n) is 17.3. The van der Waals surface area contributed by atoms with Crippen LogP contribution in [0.15, 0.2) is 40.2 Å². The van der Waals surface area contributed by atoms with E-state index in [2.05, 4.69) is 46.4 Å². The first-order valence-electron chi connectivity index (χ1n) is 10.1. The number of aromatic nitrogens is 4. The summed E-state index contributed by atoms with van der Waals surface area (Å²) in [6, 6.07) is 8.99. The van der Waals surface area contributed by atoms with E-state index in [1.54, 1.807) is 13.4 Å². The number of likely N-dealkylation sites (tertiary alicyclic amines) is 1. The fraction of sp³-hybridized carbons (Fsp3) is 0.476. The van der Waals surface area contributed by atoms with Gasteiger partial charge < -0.3 is 14.8 Å². The molecule has 1 fully saturated rings. The zero-order chi connectivity index (χ0) is 20.5. The monoisotopic (exact) mass is 396 g/mol. The average molecular weight is 396 g/mol. The van der Waals surface area contributed by atoms with Gasteiger partial charge in [-0.25, -0.2) is 9.78 Å². The molecule has 3 aromatic rings. The van der Waals surface area contributed by atoms with Gasteiger partial charge in [-0.1, -0.05) is 12.1 Å². The van der Waals surface area contributed by atoms with Crippen molar-refractivity contribution in [1.29, 1.82) is 0 Å². The second-order valence-corrected chi connectivity index (χ2v) is 7.95. The minimum Gasteiger partial charge on any atom is -0.382 e. The molecule has 8 nitrogen and oxygen atoms in total. The van der Waals surface area contributed by atoms with Crippen LogP contribution < -0.4 is 16.6 Å². The Bertz CT molecular complexity index is 1130. The highest BCUT2D eigenvalue weighted by Crippen LogP contribution is 2.18. The molecule has 1 saturated heterocycles. The van der Waals surface area contributed by atoms with Crippen LogP contribution in [0.5, 0.6) is 0 Å². The fourth-order valence-corrected chi connectivity index (χ4v) is 4.09. The van der Waals surface area contributed by atoms with E-state index in [1.807, 2.05) is 4.57 Å². The van der Waals surface area contributed by atoms with Crippen molar-refractivity contribution >= 4 is 16.9 Å². The molecule has 29 heavy (non-hydrogen) atoms. The van der Waals surface area contributed by atoms with Gasteiger partial charge in [-0.15, -0.1) is 0 Å². The molecule has 3 heterocycles. The highest BCUT2D eigenvalue weighted by molar-refractivity contribution is 5.69. The molecule has 0 radical (unpaired) electrons. The number of nitrogens with one attached hydrogen (secondary N) is 1. The SMILES string of the molecule is Cc1cccc(NC2CCN(CCn3cnc4c3c(=O)n(C)c(=O)n4C)CC2)c1. The van der Waals surface area contributed by atoms with E-state index in [9.17, 15) is 9.59 Å². The summed E-state index contributed by atoms with van der Waals surface area (Å²) in [5.41, 5.74) is 2.75. The molecule has 0 atom stereocenters. The van der Waals surface area contributed by atoms with Crippen molar-refractivity contribution < 1.29 is 0 Å². The highest BCUT2D eigenvalue weighted by atomic mass is 16.2. The van der Waals surface area contributed by atoms with Gasteiger partial charge in [0.05, 0.1) is 6.33 Å². The van der Waals surface area contributed by atoms with Crippen molar-refractivity contribution in [2.45, 2.75) is 32.4 Å². The molecule has 4 rings (SSSR count). The molecular formula is C21H28N6O2. The molecule has 1 aromatic carbocycles. The fourth-order valence-electron chi connectivity index (χ4n) is 4.09. The maximum atomic E-state index is 12.5. The maximum absolute atomic E-state index is 12.5. The van der Waals surface area contributed by atoms with Gasteiger partial charge in [0.15, 0.2) is 11.2 Å². The van der Waals surface area contributed by atoms with E-state index in [-0.39, 0.29) is 11.2 Å². The van der Waals surface area contributed by atoms with Gasteiger partial charge in [0.1, 0.15) is 0 Å². The van der Waals surface area contributed by atoms with Crippen LogP contribution in [-0.2, 0) is 20.6 Å². The van der Waals surface area contributed by atoms with Crippen LogP contribution in [0.3, 0.4) is 0 Å². The molecule has 0 amide bonds. The van der Waals surface area contributed by atoms with Crippen LogP contribution in [0.4, 0.5) is 5.69 Å². The first-order chi connectivity index (χ1) is 13.9. The molecule has 0 saturated carbocycles. The Morgan fingerprint density at radius 2 is 1.86 bits per heavy atom. The van der Waals surface area contributed by atoms with E-state index in [0.29, 0.717) is 23.8 Å². The van der Waals surface area contributed by atoms with Gasteiger partial charge in [0.25, 0.3) is 5.56 Å². The second-order valence-electron chi connectivity index (χ2n) is 7.95. The Balaban J connectivity index is 1.38. The minimum absolute atomic E-state index is 0.290. The molecule has 0 bridgehead atoms. The molecule has 1 N–H and O–H groups in total. The Morgan fingerprint density at radius 1 is 1.10 bits per heavy atom. The van der Waals surface area contributed by atoms with Crippen molar-refractivity contribution in [2.24, 2.45) is 14.1 Å². The normalized spacial score (nSPS) is 15.8. The van der Waals surface area contributed by atoms with Crippen LogP contribution in [0, 0.1) is 6.92 Å². The Kier molecular flexibility index (Phi) is 5.27. The summed E-state index contributed by atoms with van der Waals surface area (Å²) in [5.74, 6) is 0. The van der Waals surface area contributed by atoms with Gasteiger partial charge in [-0.05, 0) is 37.5 Å². The van der Waals surface area contributed by atoms with Crippen molar-refractivity contribution in [2.75, 3.05) is 25.0 Å². The number of anilines is 1. The largest absolute Gasteiger partial charge is 0.382 e. The predicted molar refractivity (Wildman–Crippen MR) is 114 cm³/mol. The van der Waals surface area contributed by atoms with Gasteiger partial charge >= 0.3 is 5.69 Å². The van der Waals surface area contributed by atoms with Gasteiger partial charge in [-0.2, -0.15) is 0 Å². The Hall–Kier alpha value is -2.87. The van der Waals surface area contributed by atoms with E-state index in [0.717, 1.165) is 37.0 Å². The van der Waals surface area contributed by atoms with Crippen LogP contribution in [0.1, 0.15) is 18.4 Å². The van der Waals surface area contributed by atoms with Crippen molar-refractivity contribution in [3.63, 3.8) is 0 Å². The van der Waals surface area contributed by atoms with Gasteiger partial charge in [-0.3, -0.25) is 13.9 Å². The maximum Gasteiger partial charge on any atom is 0.332 e. The lowest BCUT2D eigenvalue weighted by molar-refractivity contribution is 0.212. The average Bonchev–Trinajstić information content (AvgIpc) is 3.14. The molecule has 8 heteroatoms. The number of aryl methyl sites for hydroxylation is 2. The summed E-state index contributed by atoms with van der Waals surface area (Å²) in [7, 11) is 3.15. The van der Waals surface area contributed by atoms with Crippen molar-refractivity contribution in [1.82, 2.24) is 23.6 Å². The van der Waals surface area contributed by atoms with E-state index in [4.69, 9.17) is 0 Å². The van der Waals surface area contributed by atoms with E-state index in [1.165, 1.54) is 22.9 Å². The summed E-state index contributed by atoms with van der Waals surface area (Å²) >= 11 is 0. The van der Waals surface area contributed by atoms with Gasteiger partial charge in [0.2, 0.25) is 0 Å². The lowest BCUT2D eigenvalue weighted by atomic mass is 10.0. The van der Waals surface area contributed by atoms with Crippen LogP contribution in [-0.4, -0.2) is 49.3 Å². The molecule has 1 aliphatic rings. The molecule has 2 aromatic heterocycles. The standard InChI is InChI=1S/C21H28N6O2/c1-15-5-4-6-17(13-15)23-16-7-9-26(10-8-16)11-12-27-14-22-19-18(27)20(28)25(3)21(29)24(19)2/h4-6,13-14,16,23H,7-12H2,1-3H3. The number of hydrogen-bond donors (Lipinski definition) is 1. The van der Waals surface area contributed by atoms with E-state index < -0.39 is 0 Å². The lowest BCUT2D eigenvalue weighted by Crippen LogP contribution is -2.41. The molecule has 154 valence electrons. The summed E-state index contributed by atoms with van der Waals surface area (Å²) in [6.07, 6.45) is 3.85. The molecule has 1 aliphatic heterocycles. The molecule has 0 aliphatic carbocycles. The second kappa shape index (κ2) is 7.87. The smallest absolute Gasteiger partial charge is 0.332 e. The van der Waals surface area contributed by atoms with Crippen molar-refractivity contribution in [3.8, 4) is 0 Å². The number of fused-ring (bicyclic) bond motifs is 1. The first kappa shape index (κ1) is 19.4. The molecular weight excluding hydrogens is 368 g/mol. The lowest BCUT2D eigenvalue weighted by Gasteiger charge is -2.33. The number of benzene rings is 1. The minimum atomic E-state index is -0.351. The number of rotatable bonds is 5. The summed E-state index contributed by atoms with van der Waals surface area (Å²) in [5, 5.41) is 3.64. The zero-order valence-corrected chi connectivity index (χ0v) is 17.3. The number of nitrogens with zero attached hydrogens (tertiary/aromatic N) is 5. The highest BCUT2D eigenvalue weighted by Gasteiger charge is 2.20. The third kappa shape index (κ3) is 3.85. The molecule has 0 spiro atoms. The van der Waals surface area contributed by atoms with E-state index >= 15 is 0 Å². The Morgan fingerprint density at radius 3 is 2.59 bits per heavy atom. The van der Waals surface area contributed by atoms with Crippen LogP contribution in [0.25, 0.3) is 11.2 Å². The summed E-state index contributed by atoms with van der Waals surface area (Å²) in [6.45, 7) is 5.69. The third-order valence-corrected chi connectivity index (χ3v) is 5.85. The number of imidazole rings is 1. The van der Waals surface area contributed by atoms with Crippen molar-refractivity contribution in [3.05, 3.63) is 57.0 Å². The summed E-state index contributed by atoms with van der Waals surface area (Å²) in [4.78, 5) is 31.3. The van der Waals surface area contributed by atoms with Crippen LogP contribution >= 0.6 is 0 Å². The Labute approximate surface area is 169 Å². The predicted octanol–water partition coefficient (Wildman–Crippen LogP) is 1.32.